The maximum Gasteiger partial charge on any atom is 0.328 e. The number of rotatable bonds is 1. The van der Waals surface area contributed by atoms with E-state index in [0.717, 1.165) is 0 Å². The Labute approximate surface area is 80.0 Å². The predicted molar refractivity (Wildman–Crippen MR) is 48.3 cm³/mol. The first kappa shape index (κ1) is 9.10. The minimum Gasteiger partial charge on any atom is -0.315 e. The lowest BCUT2D eigenvalue weighted by atomic mass is 10.4. The molecule has 0 spiro atoms. The highest BCUT2D eigenvalue weighted by Gasteiger charge is 2.19. The molecule has 74 valence electrons. The van der Waals surface area contributed by atoms with Crippen molar-refractivity contribution in [3.8, 4) is 0 Å². The zero-order valence-electron chi connectivity index (χ0n) is 7.25. The Morgan fingerprint density at radius 1 is 1.50 bits per heavy atom. The lowest BCUT2D eigenvalue weighted by Gasteiger charge is -1.96. The summed E-state index contributed by atoms with van der Waals surface area (Å²) in [4.78, 5) is 7.57. The summed E-state index contributed by atoms with van der Waals surface area (Å²) in [6, 6.07) is 3.34. The minimum absolute atomic E-state index is 0.294. The molecule has 0 fully saturated rings. The number of fused-ring (bicyclic) bond motifs is 1. The topological polar surface area (TPSA) is 85.1 Å². The van der Waals surface area contributed by atoms with Crippen molar-refractivity contribution in [3.63, 3.8) is 0 Å². The van der Waals surface area contributed by atoms with Crippen molar-refractivity contribution in [3.05, 3.63) is 18.3 Å². The third kappa shape index (κ3) is 1.26. The molecule has 6 nitrogen and oxygen atoms in total. The number of hydrogen-bond acceptors (Lipinski definition) is 4. The van der Waals surface area contributed by atoms with E-state index in [4.69, 9.17) is 4.55 Å². The monoisotopic (exact) mass is 213 g/mol. The first-order chi connectivity index (χ1) is 6.50. The smallest absolute Gasteiger partial charge is 0.315 e. The van der Waals surface area contributed by atoms with Crippen molar-refractivity contribution < 1.29 is 13.0 Å². The van der Waals surface area contributed by atoms with Crippen molar-refractivity contribution in [1.29, 1.82) is 0 Å². The van der Waals surface area contributed by atoms with Crippen molar-refractivity contribution in [2.45, 2.75) is 5.16 Å². The van der Waals surface area contributed by atoms with Crippen LogP contribution in [0.5, 0.6) is 0 Å². The highest BCUT2D eigenvalue weighted by Crippen LogP contribution is 2.14. The first-order valence-corrected chi connectivity index (χ1v) is 5.19. The molecule has 0 saturated carbocycles. The van der Waals surface area contributed by atoms with Crippen molar-refractivity contribution in [2.24, 2.45) is 7.05 Å². The zero-order chi connectivity index (χ0) is 10.3. The van der Waals surface area contributed by atoms with Crippen LogP contribution in [0.1, 0.15) is 0 Å². The quantitative estimate of drug-likeness (QED) is 0.684. The summed E-state index contributed by atoms with van der Waals surface area (Å²) in [5.41, 5.74) is 0.850. The molecule has 0 saturated heterocycles. The third-order valence-corrected chi connectivity index (χ3v) is 2.67. The maximum atomic E-state index is 10.9. The fourth-order valence-electron chi connectivity index (χ4n) is 1.24. The predicted octanol–water partition coefficient (Wildman–Crippen LogP) is 0.215. The van der Waals surface area contributed by atoms with Crippen molar-refractivity contribution in [2.75, 3.05) is 0 Å². The fraction of sp³-hybridized carbons (Fsp3) is 0.143. The molecule has 0 atom stereocenters. The summed E-state index contributed by atoms with van der Waals surface area (Å²) in [5, 5.41) is -0.397. The zero-order valence-corrected chi connectivity index (χ0v) is 8.06. The van der Waals surface area contributed by atoms with E-state index >= 15 is 0 Å². The Morgan fingerprint density at radius 3 is 2.79 bits per heavy atom. The summed E-state index contributed by atoms with van der Waals surface area (Å²) in [5.74, 6) is 0. The Bertz CT molecular complexity index is 587. The van der Waals surface area contributed by atoms with Gasteiger partial charge in [0.1, 0.15) is 0 Å². The molecule has 2 aromatic rings. The van der Waals surface area contributed by atoms with E-state index in [1.807, 2.05) is 0 Å². The van der Waals surface area contributed by atoms with Gasteiger partial charge in [0, 0.05) is 13.2 Å². The molecular formula is C7H7N3O3S. The van der Waals surface area contributed by atoms with Gasteiger partial charge in [0.05, 0.1) is 5.52 Å². The molecular weight excluding hydrogens is 206 g/mol. The van der Waals surface area contributed by atoms with E-state index in [1.54, 1.807) is 12.1 Å². The molecule has 0 aliphatic carbocycles. The van der Waals surface area contributed by atoms with E-state index in [-0.39, 0.29) is 0 Å². The van der Waals surface area contributed by atoms with Crippen LogP contribution in [-0.4, -0.2) is 27.5 Å². The summed E-state index contributed by atoms with van der Waals surface area (Å²) < 4.78 is 31.8. The molecule has 0 bridgehead atoms. The third-order valence-electron chi connectivity index (χ3n) is 1.85. The van der Waals surface area contributed by atoms with Gasteiger partial charge in [-0.25, -0.2) is 4.98 Å². The van der Waals surface area contributed by atoms with Crippen LogP contribution in [0.4, 0.5) is 0 Å². The molecule has 2 aromatic heterocycles. The SMILES string of the molecule is Cn1c(S(=O)(=O)O)nc2ncccc21. The highest BCUT2D eigenvalue weighted by atomic mass is 32.2. The molecule has 2 rings (SSSR count). The van der Waals surface area contributed by atoms with Crippen LogP contribution >= 0.6 is 0 Å². The number of hydrogen-bond donors (Lipinski definition) is 1. The van der Waals surface area contributed by atoms with Gasteiger partial charge in [0.2, 0.25) is 0 Å². The normalized spacial score (nSPS) is 12.1. The number of pyridine rings is 1. The second kappa shape index (κ2) is 2.76. The summed E-state index contributed by atoms with van der Waals surface area (Å²) >= 11 is 0. The summed E-state index contributed by atoms with van der Waals surface area (Å²) in [6.07, 6.45) is 1.50. The number of nitrogens with zero attached hydrogens (tertiary/aromatic N) is 3. The Balaban J connectivity index is 2.89. The van der Waals surface area contributed by atoms with Gasteiger partial charge in [-0.2, -0.15) is 13.4 Å². The molecule has 0 aliphatic heterocycles. The lowest BCUT2D eigenvalue weighted by molar-refractivity contribution is 0.470. The van der Waals surface area contributed by atoms with Crippen molar-refractivity contribution in [1.82, 2.24) is 14.5 Å². The molecule has 1 N–H and O–H groups in total. The fourth-order valence-corrected chi connectivity index (χ4v) is 1.88. The first-order valence-electron chi connectivity index (χ1n) is 3.75. The van der Waals surface area contributed by atoms with E-state index < -0.39 is 15.3 Å². The van der Waals surface area contributed by atoms with Crippen LogP contribution in [-0.2, 0) is 17.2 Å². The molecule has 14 heavy (non-hydrogen) atoms. The molecule has 0 aromatic carbocycles. The van der Waals surface area contributed by atoms with Gasteiger partial charge in [-0.05, 0) is 12.1 Å². The van der Waals surface area contributed by atoms with Gasteiger partial charge in [-0.3, -0.25) is 4.55 Å². The number of aryl methyl sites for hydroxylation is 1. The second-order valence-electron chi connectivity index (χ2n) is 2.77. The average Bonchev–Trinajstić information content (AvgIpc) is 2.44. The van der Waals surface area contributed by atoms with Gasteiger partial charge in [0.15, 0.2) is 5.65 Å². The Morgan fingerprint density at radius 2 is 2.21 bits per heavy atom. The van der Waals surface area contributed by atoms with Crippen LogP contribution in [0, 0.1) is 0 Å². The van der Waals surface area contributed by atoms with E-state index in [0.29, 0.717) is 11.2 Å². The standard InChI is InChI=1S/C7H7N3O3S/c1-10-5-3-2-4-8-6(5)9-7(10)14(11,12)13/h2-4H,1H3,(H,11,12,13). The van der Waals surface area contributed by atoms with E-state index in [9.17, 15) is 8.42 Å². The number of imidazole rings is 1. The van der Waals surface area contributed by atoms with Gasteiger partial charge >= 0.3 is 10.1 Å². The van der Waals surface area contributed by atoms with Crippen molar-refractivity contribution >= 4 is 21.3 Å². The Kier molecular flexibility index (Phi) is 1.79. The molecule has 0 aliphatic rings. The lowest BCUT2D eigenvalue weighted by Crippen LogP contribution is -2.06. The van der Waals surface area contributed by atoms with Crippen LogP contribution in [0.3, 0.4) is 0 Å². The maximum absolute atomic E-state index is 10.9. The van der Waals surface area contributed by atoms with Crippen LogP contribution in [0.15, 0.2) is 23.5 Å². The average molecular weight is 213 g/mol. The van der Waals surface area contributed by atoms with Crippen LogP contribution in [0.2, 0.25) is 0 Å². The molecule has 0 amide bonds. The molecule has 0 unspecified atom stereocenters. The largest absolute Gasteiger partial charge is 0.328 e. The summed E-state index contributed by atoms with van der Waals surface area (Å²) in [7, 11) is -2.78. The van der Waals surface area contributed by atoms with Crippen LogP contribution < -0.4 is 0 Å². The minimum atomic E-state index is -4.28. The van der Waals surface area contributed by atoms with Gasteiger partial charge in [-0.1, -0.05) is 0 Å². The summed E-state index contributed by atoms with van der Waals surface area (Å²) in [6.45, 7) is 0. The second-order valence-corrected chi connectivity index (χ2v) is 4.09. The molecule has 7 heteroatoms. The highest BCUT2D eigenvalue weighted by molar-refractivity contribution is 7.85. The number of aromatic nitrogens is 3. The van der Waals surface area contributed by atoms with E-state index in [1.165, 1.54) is 17.8 Å². The van der Waals surface area contributed by atoms with Gasteiger partial charge in [-0.15, -0.1) is 0 Å². The molecule has 0 radical (unpaired) electrons. The molecule has 2 heterocycles. The van der Waals surface area contributed by atoms with Gasteiger partial charge < -0.3 is 4.57 Å². The van der Waals surface area contributed by atoms with Crippen LogP contribution in [0.25, 0.3) is 11.2 Å². The van der Waals surface area contributed by atoms with E-state index in [2.05, 4.69) is 9.97 Å². The Hall–Kier alpha value is -1.47. The van der Waals surface area contributed by atoms with Gasteiger partial charge in [0.25, 0.3) is 5.16 Å².